The Bertz CT molecular complexity index is 317. The van der Waals surface area contributed by atoms with Gasteiger partial charge in [0.1, 0.15) is 0 Å². The Kier molecular flexibility index (Phi) is 4.42. The van der Waals surface area contributed by atoms with E-state index < -0.39 is 0 Å². The zero-order valence-corrected chi connectivity index (χ0v) is 13.8. The van der Waals surface area contributed by atoms with E-state index in [9.17, 15) is 0 Å². The monoisotopic (exact) mass is 278 g/mol. The Morgan fingerprint density at radius 2 is 1.85 bits per heavy atom. The third-order valence-corrected chi connectivity index (χ3v) is 6.26. The van der Waals surface area contributed by atoms with Gasteiger partial charge in [0.25, 0.3) is 0 Å². The Morgan fingerprint density at radius 3 is 2.45 bits per heavy atom. The smallest absolute Gasteiger partial charge is 0.0309 e. The first-order valence-corrected chi connectivity index (χ1v) is 9.07. The van der Waals surface area contributed by atoms with E-state index in [-0.39, 0.29) is 0 Å². The van der Waals surface area contributed by atoms with Crippen molar-refractivity contribution in [2.75, 3.05) is 19.6 Å². The number of nitrogens with one attached hydrogen (secondary N) is 1. The molecule has 3 rings (SSSR count). The molecule has 3 aliphatic rings. The standard InChI is InChI=1S/C18H34N2/c1-14(2)17-12-19-18(3,16-8-9-16)13-20(17)11-10-15-6-4-5-7-15/h14-17,19H,4-13H2,1-3H3. The Labute approximate surface area is 125 Å². The van der Waals surface area contributed by atoms with E-state index >= 15 is 0 Å². The SMILES string of the molecule is CC(C)C1CNC(C)(C2CC2)CN1CCC1CCCC1. The first-order chi connectivity index (χ1) is 9.58. The van der Waals surface area contributed by atoms with Crippen molar-refractivity contribution in [3.63, 3.8) is 0 Å². The summed E-state index contributed by atoms with van der Waals surface area (Å²) in [5.41, 5.74) is 0.404. The topological polar surface area (TPSA) is 15.3 Å². The highest BCUT2D eigenvalue weighted by atomic mass is 15.3. The lowest BCUT2D eigenvalue weighted by molar-refractivity contribution is 0.0481. The largest absolute Gasteiger partial charge is 0.308 e. The summed E-state index contributed by atoms with van der Waals surface area (Å²) in [5, 5.41) is 3.91. The summed E-state index contributed by atoms with van der Waals surface area (Å²) in [4.78, 5) is 2.85. The van der Waals surface area contributed by atoms with Crippen LogP contribution >= 0.6 is 0 Å². The van der Waals surface area contributed by atoms with E-state index in [0.29, 0.717) is 5.54 Å². The highest BCUT2D eigenvalue weighted by molar-refractivity contribution is 5.04. The number of piperazine rings is 1. The molecule has 2 atom stereocenters. The van der Waals surface area contributed by atoms with E-state index in [1.54, 1.807) is 0 Å². The third kappa shape index (κ3) is 3.22. The molecule has 116 valence electrons. The molecular weight excluding hydrogens is 244 g/mol. The summed E-state index contributed by atoms with van der Waals surface area (Å²) in [6.45, 7) is 11.1. The van der Waals surface area contributed by atoms with Gasteiger partial charge in [-0.3, -0.25) is 4.90 Å². The molecule has 2 nitrogen and oxygen atoms in total. The van der Waals surface area contributed by atoms with Crippen LogP contribution in [0.3, 0.4) is 0 Å². The van der Waals surface area contributed by atoms with Crippen LogP contribution in [0.15, 0.2) is 0 Å². The Hall–Kier alpha value is -0.0800. The first-order valence-electron chi connectivity index (χ1n) is 9.07. The molecule has 2 unspecified atom stereocenters. The molecule has 20 heavy (non-hydrogen) atoms. The van der Waals surface area contributed by atoms with Gasteiger partial charge < -0.3 is 5.32 Å². The normalized spacial score (nSPS) is 36.9. The lowest BCUT2D eigenvalue weighted by atomic mass is 9.87. The first kappa shape index (κ1) is 14.8. The van der Waals surface area contributed by atoms with Crippen LogP contribution in [-0.2, 0) is 0 Å². The van der Waals surface area contributed by atoms with E-state index in [4.69, 9.17) is 0 Å². The van der Waals surface area contributed by atoms with Crippen LogP contribution in [0.1, 0.15) is 65.7 Å². The molecule has 2 heteroatoms. The van der Waals surface area contributed by atoms with Crippen LogP contribution in [-0.4, -0.2) is 36.1 Å². The zero-order valence-electron chi connectivity index (χ0n) is 13.8. The summed E-state index contributed by atoms with van der Waals surface area (Å²) < 4.78 is 0. The van der Waals surface area contributed by atoms with Gasteiger partial charge in [-0.15, -0.1) is 0 Å². The number of hydrogen-bond acceptors (Lipinski definition) is 2. The molecule has 0 aromatic rings. The van der Waals surface area contributed by atoms with Crippen molar-refractivity contribution in [3.8, 4) is 0 Å². The molecule has 2 aliphatic carbocycles. The van der Waals surface area contributed by atoms with Crippen LogP contribution in [0.4, 0.5) is 0 Å². The maximum absolute atomic E-state index is 3.91. The molecule has 0 amide bonds. The van der Waals surface area contributed by atoms with Gasteiger partial charge >= 0.3 is 0 Å². The van der Waals surface area contributed by atoms with Crippen molar-refractivity contribution in [1.29, 1.82) is 0 Å². The van der Waals surface area contributed by atoms with Crippen molar-refractivity contribution < 1.29 is 0 Å². The van der Waals surface area contributed by atoms with Gasteiger partial charge in [0, 0.05) is 24.7 Å². The fraction of sp³-hybridized carbons (Fsp3) is 1.00. The predicted molar refractivity (Wildman–Crippen MR) is 85.9 cm³/mol. The molecule has 3 fully saturated rings. The quantitative estimate of drug-likeness (QED) is 0.825. The van der Waals surface area contributed by atoms with Gasteiger partial charge in [0.15, 0.2) is 0 Å². The highest BCUT2D eigenvalue weighted by Gasteiger charge is 2.46. The second-order valence-electron chi connectivity index (χ2n) is 8.29. The molecule has 2 saturated carbocycles. The van der Waals surface area contributed by atoms with Crippen molar-refractivity contribution >= 4 is 0 Å². The maximum Gasteiger partial charge on any atom is 0.0309 e. The van der Waals surface area contributed by atoms with E-state index in [0.717, 1.165) is 23.8 Å². The number of nitrogens with zero attached hydrogens (tertiary/aromatic N) is 1. The fourth-order valence-corrected chi connectivity index (χ4v) is 4.61. The lowest BCUT2D eigenvalue weighted by Gasteiger charge is -2.48. The van der Waals surface area contributed by atoms with Crippen molar-refractivity contribution in [1.82, 2.24) is 10.2 Å². The third-order valence-electron chi connectivity index (χ3n) is 6.26. The van der Waals surface area contributed by atoms with Crippen molar-refractivity contribution in [2.24, 2.45) is 17.8 Å². The summed E-state index contributed by atoms with van der Waals surface area (Å²) >= 11 is 0. The molecule has 0 radical (unpaired) electrons. The minimum Gasteiger partial charge on any atom is -0.308 e. The summed E-state index contributed by atoms with van der Waals surface area (Å²) in [6, 6.07) is 0.753. The molecular formula is C18H34N2. The van der Waals surface area contributed by atoms with Crippen molar-refractivity contribution in [2.45, 2.75) is 77.3 Å². The number of hydrogen-bond donors (Lipinski definition) is 1. The highest BCUT2D eigenvalue weighted by Crippen LogP contribution is 2.42. The van der Waals surface area contributed by atoms with Gasteiger partial charge in [-0.2, -0.15) is 0 Å². The van der Waals surface area contributed by atoms with Gasteiger partial charge in [-0.05, 0) is 50.5 Å². The summed E-state index contributed by atoms with van der Waals surface area (Å²) in [7, 11) is 0. The van der Waals surface area contributed by atoms with Gasteiger partial charge in [0.2, 0.25) is 0 Å². The minimum atomic E-state index is 0.404. The van der Waals surface area contributed by atoms with Gasteiger partial charge in [0.05, 0.1) is 0 Å². The van der Waals surface area contributed by atoms with Crippen LogP contribution < -0.4 is 5.32 Å². The van der Waals surface area contributed by atoms with E-state index in [2.05, 4.69) is 31.0 Å². The second kappa shape index (κ2) is 5.96. The average Bonchev–Trinajstić information content (AvgIpc) is 3.15. The molecule has 0 aromatic heterocycles. The lowest BCUT2D eigenvalue weighted by Crippen LogP contribution is -2.65. The van der Waals surface area contributed by atoms with Crippen LogP contribution in [0.2, 0.25) is 0 Å². The van der Waals surface area contributed by atoms with Crippen LogP contribution in [0.5, 0.6) is 0 Å². The second-order valence-corrected chi connectivity index (χ2v) is 8.29. The van der Waals surface area contributed by atoms with E-state index in [1.807, 2.05) is 0 Å². The van der Waals surface area contributed by atoms with Crippen LogP contribution in [0.25, 0.3) is 0 Å². The fourth-order valence-electron chi connectivity index (χ4n) is 4.61. The predicted octanol–water partition coefficient (Wildman–Crippen LogP) is 3.67. The Balaban J connectivity index is 1.59. The minimum absolute atomic E-state index is 0.404. The summed E-state index contributed by atoms with van der Waals surface area (Å²) in [6.07, 6.45) is 10.3. The molecule has 0 spiro atoms. The Morgan fingerprint density at radius 1 is 1.15 bits per heavy atom. The average molecular weight is 278 g/mol. The van der Waals surface area contributed by atoms with Gasteiger partial charge in [-0.1, -0.05) is 39.5 Å². The molecule has 1 heterocycles. The van der Waals surface area contributed by atoms with Gasteiger partial charge in [-0.25, -0.2) is 0 Å². The van der Waals surface area contributed by atoms with E-state index in [1.165, 1.54) is 64.6 Å². The van der Waals surface area contributed by atoms with Crippen molar-refractivity contribution in [3.05, 3.63) is 0 Å². The maximum atomic E-state index is 3.91. The zero-order chi connectivity index (χ0) is 14.2. The molecule has 1 aliphatic heterocycles. The molecule has 1 saturated heterocycles. The summed E-state index contributed by atoms with van der Waals surface area (Å²) in [5.74, 6) is 2.75. The molecule has 0 bridgehead atoms. The number of rotatable bonds is 5. The molecule has 0 aromatic carbocycles. The van der Waals surface area contributed by atoms with Crippen LogP contribution in [0, 0.1) is 17.8 Å². The molecule has 1 N–H and O–H groups in total.